The number of amides is 2. The summed E-state index contributed by atoms with van der Waals surface area (Å²) in [6, 6.07) is 13.6. The van der Waals surface area contributed by atoms with Crippen molar-refractivity contribution in [1.29, 1.82) is 0 Å². The minimum atomic E-state index is -0.409. The van der Waals surface area contributed by atoms with Gasteiger partial charge in [0, 0.05) is 35.1 Å². The molecule has 33 heavy (non-hydrogen) atoms. The van der Waals surface area contributed by atoms with Crippen LogP contribution in [0.2, 0.25) is 0 Å². The second-order valence-electron chi connectivity index (χ2n) is 9.36. The molecule has 2 aromatic carbocycles. The highest BCUT2D eigenvalue weighted by molar-refractivity contribution is 6.50. The normalized spacial score (nSPS) is 14.7. The maximum Gasteiger partial charge on any atom is 0.259 e. The number of nitrogens with one attached hydrogen (secondary N) is 1. The maximum atomic E-state index is 13.0. The molecule has 0 saturated carbocycles. The topological polar surface area (TPSA) is 73.5 Å². The van der Waals surface area contributed by atoms with E-state index in [1.54, 1.807) is 6.26 Å². The molecule has 3 heterocycles. The van der Waals surface area contributed by atoms with Crippen LogP contribution in [-0.2, 0) is 27.8 Å². The van der Waals surface area contributed by atoms with Gasteiger partial charge in [-0.1, -0.05) is 36.4 Å². The van der Waals surface area contributed by atoms with E-state index in [4.69, 9.17) is 9.15 Å². The number of hydrogen-bond acceptors (Lipinski definition) is 4. The van der Waals surface area contributed by atoms with Crippen molar-refractivity contribution in [3.63, 3.8) is 0 Å². The van der Waals surface area contributed by atoms with Crippen LogP contribution >= 0.6 is 0 Å². The van der Waals surface area contributed by atoms with Crippen molar-refractivity contribution in [2.45, 2.75) is 32.8 Å². The van der Waals surface area contributed by atoms with Gasteiger partial charge in [-0.25, -0.2) is 0 Å². The van der Waals surface area contributed by atoms with Crippen molar-refractivity contribution in [2.24, 2.45) is 7.05 Å². The Labute approximate surface area is 191 Å². The number of aryl methyl sites for hydroxylation is 1. The average Bonchev–Trinajstić information content (AvgIpc) is 3.40. The number of furan rings is 1. The van der Waals surface area contributed by atoms with Crippen molar-refractivity contribution in [2.75, 3.05) is 6.61 Å². The number of hydrogen-bond donors (Lipinski definition) is 1. The van der Waals surface area contributed by atoms with Crippen LogP contribution in [0, 0.1) is 0 Å². The summed E-state index contributed by atoms with van der Waals surface area (Å²) in [6.45, 7) is 6.71. The molecule has 0 unspecified atom stereocenters. The standard InChI is InChI=1S/C27H26N2O4/c1-27(2,3)33-13-12-16-8-7-10-18-19(14-29(4)24(16)18)22-23(26(31)28-25(22)30)20-15-32-21-11-6-5-9-17(20)21/h5-11,14-15H,12-13H2,1-4H3,(H,28,30,31). The first-order valence-electron chi connectivity index (χ1n) is 11.0. The fourth-order valence-corrected chi connectivity index (χ4v) is 4.56. The molecule has 2 aromatic heterocycles. The third kappa shape index (κ3) is 3.66. The summed E-state index contributed by atoms with van der Waals surface area (Å²) >= 11 is 0. The van der Waals surface area contributed by atoms with Crippen LogP contribution in [0.1, 0.15) is 37.5 Å². The van der Waals surface area contributed by atoms with E-state index in [2.05, 4.69) is 11.4 Å². The Morgan fingerprint density at radius 3 is 2.39 bits per heavy atom. The summed E-state index contributed by atoms with van der Waals surface area (Å²) in [5.74, 6) is -0.803. The molecule has 0 bridgehead atoms. The highest BCUT2D eigenvalue weighted by atomic mass is 16.5. The molecule has 6 nitrogen and oxygen atoms in total. The molecular weight excluding hydrogens is 416 g/mol. The quantitative estimate of drug-likeness (QED) is 0.449. The van der Waals surface area contributed by atoms with Gasteiger partial charge in [0.2, 0.25) is 0 Å². The lowest BCUT2D eigenvalue weighted by Gasteiger charge is -2.19. The molecule has 1 aliphatic rings. The Morgan fingerprint density at radius 1 is 0.939 bits per heavy atom. The predicted molar refractivity (Wildman–Crippen MR) is 129 cm³/mol. The van der Waals surface area contributed by atoms with Crippen LogP contribution in [0.3, 0.4) is 0 Å². The monoisotopic (exact) mass is 442 g/mol. The van der Waals surface area contributed by atoms with Crippen molar-refractivity contribution in [3.05, 3.63) is 71.6 Å². The molecular formula is C27H26N2O4. The van der Waals surface area contributed by atoms with E-state index in [0.717, 1.165) is 33.8 Å². The van der Waals surface area contributed by atoms with Gasteiger partial charge in [0.1, 0.15) is 5.58 Å². The first kappa shape index (κ1) is 21.2. The molecule has 0 saturated heterocycles. The lowest BCUT2D eigenvalue weighted by molar-refractivity contribution is -0.122. The van der Waals surface area contributed by atoms with Crippen LogP contribution in [0.4, 0.5) is 0 Å². The van der Waals surface area contributed by atoms with Crippen molar-refractivity contribution in [3.8, 4) is 0 Å². The number of ether oxygens (including phenoxy) is 1. The van der Waals surface area contributed by atoms with E-state index >= 15 is 0 Å². The molecule has 2 amide bonds. The number of nitrogens with zero attached hydrogens (tertiary/aromatic N) is 1. The summed E-state index contributed by atoms with van der Waals surface area (Å²) in [5, 5.41) is 4.21. The molecule has 1 N–H and O–H groups in total. The van der Waals surface area contributed by atoms with Gasteiger partial charge in [0.25, 0.3) is 11.8 Å². The summed E-state index contributed by atoms with van der Waals surface area (Å²) in [7, 11) is 1.96. The number of fused-ring (bicyclic) bond motifs is 2. The van der Waals surface area contributed by atoms with Crippen molar-refractivity contribution >= 4 is 44.8 Å². The fraction of sp³-hybridized carbons (Fsp3) is 0.259. The van der Waals surface area contributed by atoms with Gasteiger partial charge in [-0.2, -0.15) is 0 Å². The summed E-state index contributed by atoms with van der Waals surface area (Å²) < 4.78 is 13.6. The molecule has 0 spiro atoms. The van der Waals surface area contributed by atoms with Crippen LogP contribution in [0.15, 0.2) is 59.3 Å². The first-order chi connectivity index (χ1) is 15.7. The molecule has 168 valence electrons. The van der Waals surface area contributed by atoms with Gasteiger partial charge in [-0.3, -0.25) is 14.9 Å². The Kier molecular flexibility index (Phi) is 4.98. The van der Waals surface area contributed by atoms with Gasteiger partial charge < -0.3 is 13.7 Å². The second-order valence-corrected chi connectivity index (χ2v) is 9.36. The van der Waals surface area contributed by atoms with Crippen molar-refractivity contribution in [1.82, 2.24) is 9.88 Å². The van der Waals surface area contributed by atoms with Crippen LogP contribution < -0.4 is 5.32 Å². The number of imide groups is 1. The summed E-state index contributed by atoms with van der Waals surface area (Å²) in [4.78, 5) is 25.9. The minimum absolute atomic E-state index is 0.206. The fourth-order valence-electron chi connectivity index (χ4n) is 4.56. The third-order valence-electron chi connectivity index (χ3n) is 5.94. The average molecular weight is 443 g/mol. The molecule has 5 rings (SSSR count). The smallest absolute Gasteiger partial charge is 0.259 e. The van der Waals surface area contributed by atoms with E-state index in [9.17, 15) is 9.59 Å². The van der Waals surface area contributed by atoms with Gasteiger partial charge >= 0.3 is 0 Å². The summed E-state index contributed by atoms with van der Waals surface area (Å²) in [5.41, 5.74) is 4.70. The van der Waals surface area contributed by atoms with E-state index in [-0.39, 0.29) is 5.60 Å². The molecule has 0 fully saturated rings. The molecule has 4 aromatic rings. The maximum absolute atomic E-state index is 13.0. The van der Waals surface area contributed by atoms with E-state index in [0.29, 0.717) is 28.9 Å². The third-order valence-corrected chi connectivity index (χ3v) is 5.94. The predicted octanol–water partition coefficient (Wildman–Crippen LogP) is 4.85. The van der Waals surface area contributed by atoms with E-state index in [1.165, 1.54) is 0 Å². The lowest BCUT2D eigenvalue weighted by atomic mass is 9.95. The highest BCUT2D eigenvalue weighted by Gasteiger charge is 2.35. The Balaban J connectivity index is 1.67. The molecule has 1 aliphatic heterocycles. The minimum Gasteiger partial charge on any atom is -0.464 e. The zero-order valence-corrected chi connectivity index (χ0v) is 19.2. The van der Waals surface area contributed by atoms with Crippen LogP contribution in [0.25, 0.3) is 33.0 Å². The van der Waals surface area contributed by atoms with Crippen LogP contribution in [-0.4, -0.2) is 28.6 Å². The van der Waals surface area contributed by atoms with Gasteiger partial charge in [-0.05, 0) is 38.8 Å². The van der Waals surface area contributed by atoms with E-state index < -0.39 is 11.8 Å². The van der Waals surface area contributed by atoms with Crippen LogP contribution in [0.5, 0.6) is 0 Å². The number of rotatable bonds is 5. The van der Waals surface area contributed by atoms with Gasteiger partial charge in [0.15, 0.2) is 0 Å². The SMILES string of the molecule is Cn1cc(C2=C(c3coc4ccccc34)C(=O)NC2=O)c2cccc(CCOC(C)(C)C)c21. The van der Waals surface area contributed by atoms with Crippen molar-refractivity contribution < 1.29 is 18.7 Å². The largest absolute Gasteiger partial charge is 0.464 e. The number of aromatic nitrogens is 1. The first-order valence-corrected chi connectivity index (χ1v) is 11.0. The Bertz CT molecular complexity index is 1450. The molecule has 0 atom stereocenters. The number of carbonyl (C=O) groups excluding carboxylic acids is 2. The molecule has 0 aliphatic carbocycles. The number of benzene rings is 2. The Morgan fingerprint density at radius 2 is 1.64 bits per heavy atom. The van der Waals surface area contributed by atoms with E-state index in [1.807, 2.05) is 75.0 Å². The second kappa shape index (κ2) is 7.74. The lowest BCUT2D eigenvalue weighted by Crippen LogP contribution is -2.22. The molecule has 6 heteroatoms. The summed E-state index contributed by atoms with van der Waals surface area (Å²) in [6.07, 6.45) is 4.22. The zero-order valence-electron chi connectivity index (χ0n) is 19.2. The van der Waals surface area contributed by atoms with Gasteiger partial charge in [0.05, 0.1) is 35.1 Å². The number of para-hydroxylation sites is 2. The zero-order chi connectivity index (χ0) is 23.3. The molecule has 0 radical (unpaired) electrons. The highest BCUT2D eigenvalue weighted by Crippen LogP contribution is 2.39. The Hall–Kier alpha value is -3.64. The van der Waals surface area contributed by atoms with Gasteiger partial charge in [-0.15, -0.1) is 0 Å². The number of carbonyl (C=O) groups is 2.